The minimum absolute atomic E-state index is 0.442. The molecule has 0 unspecified atom stereocenters. The van der Waals surface area contributed by atoms with Crippen LogP contribution >= 0.6 is 0 Å². The Kier molecular flexibility index (Phi) is 2.89. The number of rotatable bonds is 3. The van der Waals surface area contributed by atoms with E-state index in [2.05, 4.69) is 0 Å². The minimum Gasteiger partial charge on any atom is -0.497 e. The highest BCUT2D eigenvalue weighted by Gasteiger charge is 2.34. The third-order valence-electron chi connectivity index (χ3n) is 2.06. The van der Waals surface area contributed by atoms with Crippen LogP contribution in [0.4, 0.5) is 17.1 Å². The van der Waals surface area contributed by atoms with Crippen molar-refractivity contribution in [3.8, 4) is 5.75 Å². The molecule has 1 aromatic carbocycles. The maximum atomic E-state index is 10.6. The van der Waals surface area contributed by atoms with Crippen LogP contribution in [-0.4, -0.2) is 19.9 Å². The van der Waals surface area contributed by atoms with Crippen LogP contribution < -0.4 is 0 Å². The van der Waals surface area contributed by atoms with Gasteiger partial charge in [-0.3, -0.25) is 30.3 Å². The Hall–Kier alpha value is -2.78. The number of hydrogen-bond acceptors (Lipinski definition) is 7. The molecule has 0 aliphatic rings. The molecule has 90 valence electrons. The number of hydrogen-bond donors (Lipinski definition) is 1. The molecular formula is C7H5N3O7. The summed E-state index contributed by atoms with van der Waals surface area (Å²) in [4.78, 5) is 28.4. The lowest BCUT2D eigenvalue weighted by atomic mass is 10.1. The molecule has 1 aromatic rings. The Morgan fingerprint density at radius 2 is 1.47 bits per heavy atom. The summed E-state index contributed by atoms with van der Waals surface area (Å²) in [5.74, 6) is -1.19. The summed E-state index contributed by atoms with van der Waals surface area (Å²) in [5.41, 5.74) is -3.34. The van der Waals surface area contributed by atoms with Crippen LogP contribution in [0.5, 0.6) is 5.75 Å². The maximum absolute atomic E-state index is 10.6. The van der Waals surface area contributed by atoms with Crippen LogP contribution in [0, 0.1) is 37.3 Å². The molecule has 0 radical (unpaired) electrons. The zero-order chi connectivity index (χ0) is 13.3. The first-order valence-electron chi connectivity index (χ1n) is 4.07. The van der Waals surface area contributed by atoms with Gasteiger partial charge in [-0.25, -0.2) is 0 Å². The van der Waals surface area contributed by atoms with E-state index in [4.69, 9.17) is 0 Å². The first-order valence-corrected chi connectivity index (χ1v) is 4.07. The van der Waals surface area contributed by atoms with Crippen LogP contribution in [0.2, 0.25) is 0 Å². The first-order chi connectivity index (χ1) is 7.77. The van der Waals surface area contributed by atoms with E-state index in [1.807, 2.05) is 0 Å². The molecule has 0 aliphatic carbocycles. The van der Waals surface area contributed by atoms with E-state index < -0.39 is 43.1 Å². The minimum atomic E-state index is -1.19. The van der Waals surface area contributed by atoms with Gasteiger partial charge < -0.3 is 5.11 Å². The van der Waals surface area contributed by atoms with Crippen molar-refractivity contribution >= 4 is 17.1 Å². The molecule has 0 saturated heterocycles. The van der Waals surface area contributed by atoms with E-state index >= 15 is 0 Å². The fourth-order valence-corrected chi connectivity index (χ4v) is 1.28. The average molecular weight is 243 g/mol. The monoisotopic (exact) mass is 243 g/mol. The average Bonchev–Trinajstić information content (AvgIpc) is 2.15. The van der Waals surface area contributed by atoms with Gasteiger partial charge >= 0.3 is 11.4 Å². The van der Waals surface area contributed by atoms with Crippen molar-refractivity contribution in [2.24, 2.45) is 0 Å². The van der Waals surface area contributed by atoms with Crippen LogP contribution in [0.3, 0.4) is 0 Å². The van der Waals surface area contributed by atoms with Gasteiger partial charge in [0.15, 0.2) is 0 Å². The number of benzene rings is 1. The second-order valence-electron chi connectivity index (χ2n) is 3.01. The van der Waals surface area contributed by atoms with Gasteiger partial charge in [-0.05, 0) is 6.92 Å². The Morgan fingerprint density at radius 1 is 1.00 bits per heavy atom. The fourth-order valence-electron chi connectivity index (χ4n) is 1.28. The van der Waals surface area contributed by atoms with Crippen molar-refractivity contribution in [2.75, 3.05) is 0 Å². The van der Waals surface area contributed by atoms with E-state index in [1.165, 1.54) is 0 Å². The highest BCUT2D eigenvalue weighted by Crippen LogP contribution is 2.42. The summed E-state index contributed by atoms with van der Waals surface area (Å²) in [7, 11) is 0. The third kappa shape index (κ3) is 1.95. The first kappa shape index (κ1) is 12.3. The summed E-state index contributed by atoms with van der Waals surface area (Å²) in [5, 5.41) is 40.9. The zero-order valence-corrected chi connectivity index (χ0v) is 8.32. The Labute approximate surface area is 92.5 Å². The number of phenolic OH excluding ortho intramolecular Hbond substituents is 1. The zero-order valence-electron chi connectivity index (χ0n) is 8.32. The molecule has 0 atom stereocenters. The lowest BCUT2D eigenvalue weighted by Crippen LogP contribution is -2.01. The Balaban J connectivity index is 3.76. The van der Waals surface area contributed by atoms with Crippen molar-refractivity contribution in [1.82, 2.24) is 0 Å². The van der Waals surface area contributed by atoms with Gasteiger partial charge in [0, 0.05) is 0 Å². The van der Waals surface area contributed by atoms with Crippen LogP contribution in [-0.2, 0) is 0 Å². The Bertz CT molecular complexity index is 501. The van der Waals surface area contributed by atoms with Crippen molar-refractivity contribution in [3.63, 3.8) is 0 Å². The fraction of sp³-hybridized carbons (Fsp3) is 0.143. The summed E-state index contributed by atoms with van der Waals surface area (Å²) in [6, 6.07) is 0.484. The predicted molar refractivity (Wildman–Crippen MR) is 52.8 cm³/mol. The molecule has 0 saturated carbocycles. The molecule has 0 heterocycles. The van der Waals surface area contributed by atoms with Crippen molar-refractivity contribution in [2.45, 2.75) is 6.92 Å². The number of nitro benzene ring substituents is 3. The van der Waals surface area contributed by atoms with E-state index in [0.29, 0.717) is 6.07 Å². The molecule has 0 amide bonds. The molecule has 0 bridgehead atoms. The molecule has 0 aliphatic heterocycles. The van der Waals surface area contributed by atoms with Crippen molar-refractivity contribution < 1.29 is 19.9 Å². The van der Waals surface area contributed by atoms with Gasteiger partial charge in [-0.2, -0.15) is 0 Å². The summed E-state index contributed by atoms with van der Waals surface area (Å²) in [6.45, 7) is 1.03. The standard InChI is InChI=1S/C7H5N3O7/c1-3-4(8(12)13)2-5(9(14)15)7(11)6(3)10(16)17/h2,11H,1H3. The van der Waals surface area contributed by atoms with Crippen LogP contribution in [0.15, 0.2) is 6.07 Å². The Morgan fingerprint density at radius 3 is 1.82 bits per heavy atom. The van der Waals surface area contributed by atoms with E-state index in [1.54, 1.807) is 0 Å². The second kappa shape index (κ2) is 4.00. The SMILES string of the molecule is Cc1c([N+](=O)[O-])cc([N+](=O)[O-])c(O)c1[N+](=O)[O-]. The molecular weight excluding hydrogens is 238 g/mol. The number of nitro groups is 3. The van der Waals surface area contributed by atoms with Gasteiger partial charge in [0.25, 0.3) is 11.4 Å². The summed E-state index contributed by atoms with van der Waals surface area (Å²) in [6.07, 6.45) is 0. The van der Waals surface area contributed by atoms with Crippen molar-refractivity contribution in [1.29, 1.82) is 0 Å². The summed E-state index contributed by atoms with van der Waals surface area (Å²) < 4.78 is 0. The van der Waals surface area contributed by atoms with Gasteiger partial charge in [0.05, 0.1) is 20.8 Å². The highest BCUT2D eigenvalue weighted by molar-refractivity contribution is 5.69. The van der Waals surface area contributed by atoms with Crippen molar-refractivity contribution in [3.05, 3.63) is 42.0 Å². The molecule has 0 fully saturated rings. The van der Waals surface area contributed by atoms with E-state index in [9.17, 15) is 35.4 Å². The largest absolute Gasteiger partial charge is 0.497 e. The molecule has 10 heteroatoms. The number of nitrogens with zero attached hydrogens (tertiary/aromatic N) is 3. The molecule has 1 rings (SSSR count). The van der Waals surface area contributed by atoms with Gasteiger partial charge in [-0.15, -0.1) is 0 Å². The number of aromatic hydroxyl groups is 1. The van der Waals surface area contributed by atoms with E-state index in [0.717, 1.165) is 6.92 Å². The highest BCUT2D eigenvalue weighted by atomic mass is 16.6. The lowest BCUT2D eigenvalue weighted by Gasteiger charge is -2.02. The van der Waals surface area contributed by atoms with Crippen LogP contribution in [0.25, 0.3) is 0 Å². The summed E-state index contributed by atoms with van der Waals surface area (Å²) >= 11 is 0. The molecule has 0 aromatic heterocycles. The predicted octanol–water partition coefficient (Wildman–Crippen LogP) is 1.43. The number of phenols is 1. The molecule has 1 N–H and O–H groups in total. The molecule has 0 spiro atoms. The maximum Gasteiger partial charge on any atom is 0.327 e. The third-order valence-corrected chi connectivity index (χ3v) is 2.06. The normalized spacial score (nSPS) is 9.94. The topological polar surface area (TPSA) is 150 Å². The van der Waals surface area contributed by atoms with E-state index in [-0.39, 0.29) is 0 Å². The molecule has 10 nitrogen and oxygen atoms in total. The van der Waals surface area contributed by atoms with Crippen LogP contribution in [0.1, 0.15) is 5.56 Å². The van der Waals surface area contributed by atoms with Gasteiger partial charge in [0.2, 0.25) is 0 Å². The second-order valence-corrected chi connectivity index (χ2v) is 3.01. The smallest absolute Gasteiger partial charge is 0.327 e. The quantitative estimate of drug-likeness (QED) is 0.622. The van der Waals surface area contributed by atoms with Gasteiger partial charge in [0.1, 0.15) is 5.56 Å². The van der Waals surface area contributed by atoms with Gasteiger partial charge in [-0.1, -0.05) is 0 Å². The molecule has 17 heavy (non-hydrogen) atoms. The lowest BCUT2D eigenvalue weighted by molar-refractivity contribution is -0.405.